The van der Waals surface area contributed by atoms with Crippen molar-refractivity contribution < 1.29 is 9.21 Å². The summed E-state index contributed by atoms with van der Waals surface area (Å²) >= 11 is 11.2. The lowest BCUT2D eigenvalue weighted by atomic mass is 9.95. The van der Waals surface area contributed by atoms with Crippen molar-refractivity contribution in [1.29, 1.82) is 0 Å². The molecule has 2 heterocycles. The molecule has 0 fully saturated rings. The highest BCUT2D eigenvalue weighted by molar-refractivity contribution is 9.10. The minimum absolute atomic E-state index is 0.0694. The molecule has 0 unspecified atom stereocenters. The third-order valence-corrected chi connectivity index (χ3v) is 8.25. The third-order valence-electron chi connectivity index (χ3n) is 5.82. The Bertz CT molecular complexity index is 1360. The summed E-state index contributed by atoms with van der Waals surface area (Å²) < 4.78 is 6.81. The van der Waals surface area contributed by atoms with Crippen LogP contribution >= 0.6 is 38.9 Å². The zero-order valence-corrected chi connectivity index (χ0v) is 21.5. The van der Waals surface area contributed by atoms with Gasteiger partial charge in [-0.25, -0.2) is 4.99 Å². The zero-order chi connectivity index (χ0) is 23.5. The maximum absolute atomic E-state index is 13.2. The molecule has 4 nitrogen and oxygen atoms in total. The predicted molar refractivity (Wildman–Crippen MR) is 143 cm³/mol. The molecule has 1 aliphatic rings. The Hall–Kier alpha value is -2.67. The van der Waals surface area contributed by atoms with Crippen molar-refractivity contribution in [1.82, 2.24) is 5.32 Å². The number of rotatable bonds is 6. The van der Waals surface area contributed by atoms with Crippen molar-refractivity contribution in [2.24, 2.45) is 4.99 Å². The number of benzene rings is 2. The SMILES string of the molecule is O=C(NCc1ccccc1)c1c(N=Cc2ccc(-c3ccc(Br)c(Cl)c3)o2)sc2c1CCCC2. The topological polar surface area (TPSA) is 54.6 Å². The number of nitrogens with one attached hydrogen (secondary N) is 1. The van der Waals surface area contributed by atoms with Crippen molar-refractivity contribution in [3.8, 4) is 11.3 Å². The number of hydrogen-bond donors (Lipinski definition) is 1. The first-order chi connectivity index (χ1) is 16.6. The van der Waals surface area contributed by atoms with Crippen LogP contribution in [0.2, 0.25) is 5.02 Å². The van der Waals surface area contributed by atoms with Crippen LogP contribution < -0.4 is 5.32 Å². The van der Waals surface area contributed by atoms with Gasteiger partial charge in [0.15, 0.2) is 0 Å². The zero-order valence-electron chi connectivity index (χ0n) is 18.3. The highest BCUT2D eigenvalue weighted by Crippen LogP contribution is 2.40. The van der Waals surface area contributed by atoms with Gasteiger partial charge in [0, 0.05) is 21.5 Å². The molecular formula is C27H22BrClN2O2S. The van der Waals surface area contributed by atoms with Crippen LogP contribution in [0, 0.1) is 0 Å². The Labute approximate surface area is 215 Å². The third kappa shape index (κ3) is 5.04. The molecule has 0 radical (unpaired) electrons. The molecule has 0 aliphatic heterocycles. The molecule has 0 saturated carbocycles. The molecule has 4 aromatic rings. The Morgan fingerprint density at radius 1 is 1.12 bits per heavy atom. The lowest BCUT2D eigenvalue weighted by molar-refractivity contribution is 0.0951. The first kappa shape index (κ1) is 23.1. The molecule has 0 atom stereocenters. The van der Waals surface area contributed by atoms with Gasteiger partial charge in [0.25, 0.3) is 5.91 Å². The van der Waals surface area contributed by atoms with Crippen LogP contribution in [0.1, 0.15) is 45.0 Å². The number of nitrogens with zero attached hydrogens (tertiary/aromatic N) is 1. The van der Waals surface area contributed by atoms with Crippen LogP contribution in [0.25, 0.3) is 11.3 Å². The summed E-state index contributed by atoms with van der Waals surface area (Å²) in [5.41, 5.74) is 3.82. The van der Waals surface area contributed by atoms with Crippen molar-refractivity contribution in [3.05, 3.63) is 97.5 Å². The van der Waals surface area contributed by atoms with E-state index in [0.29, 0.717) is 28.7 Å². The van der Waals surface area contributed by atoms with E-state index < -0.39 is 0 Å². The summed E-state index contributed by atoms with van der Waals surface area (Å²) in [7, 11) is 0. The summed E-state index contributed by atoms with van der Waals surface area (Å²) in [6, 6.07) is 19.4. The van der Waals surface area contributed by atoms with Crippen molar-refractivity contribution >= 4 is 56.0 Å². The Balaban J connectivity index is 1.39. The number of amides is 1. The first-order valence-electron chi connectivity index (χ1n) is 11.1. The summed E-state index contributed by atoms with van der Waals surface area (Å²) in [6.07, 6.45) is 5.87. The van der Waals surface area contributed by atoms with Crippen LogP contribution in [0.5, 0.6) is 0 Å². The van der Waals surface area contributed by atoms with E-state index in [1.165, 1.54) is 4.88 Å². The molecule has 34 heavy (non-hydrogen) atoms. The van der Waals surface area contributed by atoms with E-state index in [0.717, 1.165) is 51.8 Å². The average Bonchev–Trinajstić information content (AvgIpc) is 3.48. The van der Waals surface area contributed by atoms with Crippen LogP contribution in [-0.4, -0.2) is 12.1 Å². The fraction of sp³-hybridized carbons (Fsp3) is 0.185. The minimum atomic E-state index is -0.0694. The van der Waals surface area contributed by atoms with Gasteiger partial charge < -0.3 is 9.73 Å². The van der Waals surface area contributed by atoms with Crippen LogP contribution in [0.15, 0.2) is 74.5 Å². The lowest BCUT2D eigenvalue weighted by Gasteiger charge is -2.12. The molecule has 2 aromatic carbocycles. The fourth-order valence-electron chi connectivity index (χ4n) is 4.09. The molecule has 0 bridgehead atoms. The monoisotopic (exact) mass is 552 g/mol. The molecule has 5 rings (SSSR count). The van der Waals surface area contributed by atoms with Crippen LogP contribution in [0.4, 0.5) is 5.00 Å². The van der Waals surface area contributed by atoms with Gasteiger partial charge in [-0.05, 0) is 77.0 Å². The van der Waals surface area contributed by atoms with E-state index >= 15 is 0 Å². The second-order valence-corrected chi connectivity index (χ2v) is 10.5. The van der Waals surface area contributed by atoms with E-state index in [2.05, 4.69) is 21.2 Å². The lowest BCUT2D eigenvalue weighted by Crippen LogP contribution is -2.24. The minimum Gasteiger partial charge on any atom is -0.455 e. The number of carbonyl (C=O) groups excluding carboxylic acids is 1. The van der Waals surface area contributed by atoms with E-state index in [9.17, 15) is 4.79 Å². The number of fused-ring (bicyclic) bond motifs is 1. The highest BCUT2D eigenvalue weighted by atomic mass is 79.9. The van der Waals surface area contributed by atoms with Gasteiger partial charge in [0.05, 0.1) is 16.8 Å². The molecule has 2 aromatic heterocycles. The smallest absolute Gasteiger partial charge is 0.254 e. The standard InChI is InChI=1S/C27H22BrClN2O2S/c28-21-12-10-18(14-22(21)29)23-13-11-19(33-23)16-31-27-25(20-8-4-5-9-24(20)34-27)26(32)30-15-17-6-2-1-3-7-17/h1-3,6-7,10-14,16H,4-5,8-9,15H2,(H,30,32). The highest BCUT2D eigenvalue weighted by Gasteiger charge is 2.25. The Morgan fingerprint density at radius 3 is 2.76 bits per heavy atom. The van der Waals surface area contributed by atoms with Gasteiger partial charge in [0.2, 0.25) is 0 Å². The van der Waals surface area contributed by atoms with Crippen LogP contribution in [0.3, 0.4) is 0 Å². The molecule has 172 valence electrons. The summed E-state index contributed by atoms with van der Waals surface area (Å²) in [6.45, 7) is 0.491. The number of hydrogen-bond acceptors (Lipinski definition) is 4. The van der Waals surface area contributed by atoms with E-state index in [1.54, 1.807) is 17.6 Å². The quantitative estimate of drug-likeness (QED) is 0.246. The van der Waals surface area contributed by atoms with Crippen molar-refractivity contribution in [2.75, 3.05) is 0 Å². The average molecular weight is 554 g/mol. The molecular weight excluding hydrogens is 532 g/mol. The Kier molecular flexibility index (Phi) is 6.99. The van der Waals surface area contributed by atoms with E-state index in [1.807, 2.05) is 60.7 Å². The summed E-state index contributed by atoms with van der Waals surface area (Å²) in [4.78, 5) is 19.2. The molecule has 1 N–H and O–H groups in total. The van der Waals surface area contributed by atoms with Gasteiger partial charge in [-0.2, -0.15) is 0 Å². The van der Waals surface area contributed by atoms with Gasteiger partial charge in [-0.15, -0.1) is 11.3 Å². The second-order valence-electron chi connectivity index (χ2n) is 8.15. The fourth-order valence-corrected chi connectivity index (χ4v) is 5.75. The number of aliphatic imine (C=N–C) groups is 1. The number of furan rings is 1. The second kappa shape index (κ2) is 10.3. The summed E-state index contributed by atoms with van der Waals surface area (Å²) in [5.74, 6) is 1.26. The first-order valence-corrected chi connectivity index (χ1v) is 13.1. The summed E-state index contributed by atoms with van der Waals surface area (Å²) in [5, 5.41) is 4.44. The molecule has 1 aliphatic carbocycles. The van der Waals surface area contributed by atoms with Crippen molar-refractivity contribution in [2.45, 2.75) is 32.2 Å². The van der Waals surface area contributed by atoms with Gasteiger partial charge in [0.1, 0.15) is 16.5 Å². The van der Waals surface area contributed by atoms with E-state index in [-0.39, 0.29) is 5.91 Å². The number of halogens is 2. The Morgan fingerprint density at radius 2 is 1.94 bits per heavy atom. The maximum atomic E-state index is 13.2. The largest absolute Gasteiger partial charge is 0.455 e. The number of aryl methyl sites for hydroxylation is 1. The van der Waals surface area contributed by atoms with Crippen LogP contribution in [-0.2, 0) is 19.4 Å². The molecule has 1 amide bonds. The maximum Gasteiger partial charge on any atom is 0.254 e. The van der Waals surface area contributed by atoms with Gasteiger partial charge >= 0.3 is 0 Å². The van der Waals surface area contributed by atoms with E-state index in [4.69, 9.17) is 21.0 Å². The van der Waals surface area contributed by atoms with Gasteiger partial charge in [-0.1, -0.05) is 48.0 Å². The molecule has 7 heteroatoms. The predicted octanol–water partition coefficient (Wildman–Crippen LogP) is 7.98. The molecule has 0 spiro atoms. The van der Waals surface area contributed by atoms with Gasteiger partial charge in [-0.3, -0.25) is 4.79 Å². The normalized spacial score (nSPS) is 13.2. The number of thiophene rings is 1. The molecule has 0 saturated heterocycles. The van der Waals surface area contributed by atoms with Crippen molar-refractivity contribution in [3.63, 3.8) is 0 Å². The number of carbonyl (C=O) groups is 1.